The Kier molecular flexibility index (Phi) is 4.15. The van der Waals surface area contributed by atoms with Gasteiger partial charge in [0.1, 0.15) is 11.6 Å². The van der Waals surface area contributed by atoms with Gasteiger partial charge in [-0.25, -0.2) is 9.18 Å². The number of likely N-dealkylation sites (tertiary alicyclic amines) is 1. The van der Waals surface area contributed by atoms with E-state index in [0.717, 1.165) is 12.8 Å². The molecule has 0 bridgehead atoms. The topological polar surface area (TPSA) is 49.8 Å². The molecule has 0 atom stereocenters. The highest BCUT2D eigenvalue weighted by Crippen LogP contribution is 2.18. The molecule has 1 N–H and O–H groups in total. The van der Waals surface area contributed by atoms with E-state index in [1.807, 2.05) is 0 Å². The Bertz CT molecular complexity index is 399. The number of aliphatic hydroxyl groups excluding tert-OH is 1. The predicted molar refractivity (Wildman–Crippen MR) is 63.8 cm³/mol. The molecule has 0 unspecified atom stereocenters. The molecule has 1 aromatic carbocycles. The van der Waals surface area contributed by atoms with Gasteiger partial charge in [-0.15, -0.1) is 0 Å². The summed E-state index contributed by atoms with van der Waals surface area (Å²) in [5, 5.41) is 9.01. The monoisotopic (exact) mass is 253 g/mol. The highest BCUT2D eigenvalue weighted by atomic mass is 19.1. The molecule has 0 aliphatic carbocycles. The summed E-state index contributed by atoms with van der Waals surface area (Å²) in [6, 6.07) is 5.35. The minimum absolute atomic E-state index is 0.168. The number of hydrogen-bond donors (Lipinski definition) is 1. The first-order chi connectivity index (χ1) is 8.69. The molecule has 5 heteroatoms. The Labute approximate surface area is 105 Å². The van der Waals surface area contributed by atoms with Crippen molar-refractivity contribution < 1.29 is 19.0 Å². The molecule has 1 amide bonds. The highest BCUT2D eigenvalue weighted by molar-refractivity contribution is 5.70. The van der Waals surface area contributed by atoms with Crippen LogP contribution in [0.2, 0.25) is 0 Å². The van der Waals surface area contributed by atoms with Crippen molar-refractivity contribution in [3.63, 3.8) is 0 Å². The molecule has 1 fully saturated rings. The fourth-order valence-electron chi connectivity index (χ4n) is 1.97. The molecule has 2 rings (SSSR count). The van der Waals surface area contributed by atoms with E-state index in [1.165, 1.54) is 24.3 Å². The lowest BCUT2D eigenvalue weighted by molar-refractivity contribution is 0.112. The molecule has 98 valence electrons. The number of nitrogens with zero attached hydrogens (tertiary/aromatic N) is 1. The summed E-state index contributed by atoms with van der Waals surface area (Å²) in [7, 11) is 0. The van der Waals surface area contributed by atoms with Crippen molar-refractivity contribution in [2.75, 3.05) is 19.7 Å². The van der Waals surface area contributed by atoms with Crippen molar-refractivity contribution in [2.45, 2.75) is 12.8 Å². The third-order valence-corrected chi connectivity index (χ3v) is 3.15. The fourth-order valence-corrected chi connectivity index (χ4v) is 1.97. The molecule has 0 saturated carbocycles. The quantitative estimate of drug-likeness (QED) is 0.877. The maximum absolute atomic E-state index is 12.7. The third-order valence-electron chi connectivity index (χ3n) is 3.15. The van der Waals surface area contributed by atoms with Crippen LogP contribution in [0.3, 0.4) is 0 Å². The summed E-state index contributed by atoms with van der Waals surface area (Å²) >= 11 is 0. The van der Waals surface area contributed by atoms with Crippen molar-refractivity contribution in [3.05, 3.63) is 30.1 Å². The van der Waals surface area contributed by atoms with Gasteiger partial charge in [-0.3, -0.25) is 0 Å². The standard InChI is InChI=1S/C13H16FNO3/c14-11-1-3-12(4-2-11)18-13(17)15-7-5-10(9-16)6-8-15/h1-4,10,16H,5-9H2. The zero-order chi connectivity index (χ0) is 13.0. The summed E-state index contributed by atoms with van der Waals surface area (Å²) in [4.78, 5) is 13.4. The Morgan fingerprint density at radius 1 is 1.33 bits per heavy atom. The van der Waals surface area contributed by atoms with Gasteiger partial charge < -0.3 is 14.7 Å². The van der Waals surface area contributed by atoms with Crippen LogP contribution < -0.4 is 4.74 Å². The fraction of sp³-hybridized carbons (Fsp3) is 0.462. The van der Waals surface area contributed by atoms with Crippen LogP contribution in [-0.2, 0) is 0 Å². The van der Waals surface area contributed by atoms with Crippen molar-refractivity contribution in [1.82, 2.24) is 4.90 Å². The molecule has 0 aromatic heterocycles. The molecular formula is C13H16FNO3. The van der Waals surface area contributed by atoms with Gasteiger partial charge in [0.25, 0.3) is 0 Å². The zero-order valence-electron chi connectivity index (χ0n) is 10.0. The van der Waals surface area contributed by atoms with Gasteiger partial charge in [0.15, 0.2) is 0 Å². The number of aliphatic hydroxyl groups is 1. The lowest BCUT2D eigenvalue weighted by Gasteiger charge is -2.30. The molecule has 4 nitrogen and oxygen atoms in total. The molecular weight excluding hydrogens is 237 g/mol. The van der Waals surface area contributed by atoms with Crippen molar-refractivity contribution in [3.8, 4) is 5.75 Å². The van der Waals surface area contributed by atoms with Crippen LogP contribution in [0.15, 0.2) is 24.3 Å². The molecule has 18 heavy (non-hydrogen) atoms. The number of rotatable bonds is 2. The van der Waals surface area contributed by atoms with Gasteiger partial charge in [-0.05, 0) is 43.0 Å². The third kappa shape index (κ3) is 3.20. The maximum atomic E-state index is 12.7. The molecule has 1 aromatic rings. The van der Waals surface area contributed by atoms with Crippen LogP contribution >= 0.6 is 0 Å². The Morgan fingerprint density at radius 2 is 1.94 bits per heavy atom. The van der Waals surface area contributed by atoms with Crippen molar-refractivity contribution >= 4 is 6.09 Å². The predicted octanol–water partition coefficient (Wildman–Crippen LogP) is 2.03. The Hall–Kier alpha value is -1.62. The van der Waals surface area contributed by atoms with E-state index in [1.54, 1.807) is 4.90 Å². The average molecular weight is 253 g/mol. The molecule has 1 heterocycles. The van der Waals surface area contributed by atoms with Gasteiger partial charge in [-0.2, -0.15) is 0 Å². The van der Waals surface area contributed by atoms with Crippen LogP contribution in [0.5, 0.6) is 5.75 Å². The number of amides is 1. The van der Waals surface area contributed by atoms with Gasteiger partial charge in [0, 0.05) is 19.7 Å². The summed E-state index contributed by atoms with van der Waals surface area (Å²) in [6.45, 7) is 1.34. The Morgan fingerprint density at radius 3 is 2.50 bits per heavy atom. The van der Waals surface area contributed by atoms with Crippen molar-refractivity contribution in [1.29, 1.82) is 0 Å². The molecule has 1 aliphatic rings. The second-order valence-electron chi connectivity index (χ2n) is 4.43. The first-order valence-corrected chi connectivity index (χ1v) is 6.02. The van der Waals surface area contributed by atoms with Crippen molar-refractivity contribution in [2.24, 2.45) is 5.92 Å². The minimum atomic E-state index is -0.419. The number of carbonyl (C=O) groups is 1. The SMILES string of the molecule is O=C(Oc1ccc(F)cc1)N1CCC(CO)CC1. The lowest BCUT2D eigenvalue weighted by Crippen LogP contribution is -2.40. The molecule has 1 aliphatic heterocycles. The summed E-state index contributed by atoms with van der Waals surface area (Å²) in [6.07, 6.45) is 1.15. The molecule has 1 saturated heterocycles. The van der Waals surface area contributed by atoms with Gasteiger partial charge in [-0.1, -0.05) is 0 Å². The smallest absolute Gasteiger partial charge is 0.410 e. The van der Waals surface area contributed by atoms with E-state index in [0.29, 0.717) is 18.8 Å². The largest absolute Gasteiger partial charge is 0.415 e. The summed E-state index contributed by atoms with van der Waals surface area (Å²) < 4.78 is 17.8. The van der Waals surface area contributed by atoms with Gasteiger partial charge in [0.05, 0.1) is 0 Å². The lowest BCUT2D eigenvalue weighted by atomic mass is 9.98. The minimum Gasteiger partial charge on any atom is -0.410 e. The van der Waals surface area contributed by atoms with Crippen LogP contribution in [-0.4, -0.2) is 35.8 Å². The van der Waals surface area contributed by atoms with E-state index in [4.69, 9.17) is 9.84 Å². The van der Waals surface area contributed by atoms with Gasteiger partial charge in [0.2, 0.25) is 0 Å². The van der Waals surface area contributed by atoms with E-state index in [9.17, 15) is 9.18 Å². The number of piperidine rings is 1. The molecule has 0 radical (unpaired) electrons. The Balaban J connectivity index is 1.87. The number of benzene rings is 1. The number of hydrogen-bond acceptors (Lipinski definition) is 3. The number of halogens is 1. The molecule has 0 spiro atoms. The van der Waals surface area contributed by atoms with Crippen LogP contribution in [0.4, 0.5) is 9.18 Å². The number of ether oxygens (including phenoxy) is 1. The van der Waals surface area contributed by atoms with Crippen LogP contribution in [0, 0.1) is 11.7 Å². The van der Waals surface area contributed by atoms with E-state index >= 15 is 0 Å². The van der Waals surface area contributed by atoms with E-state index in [-0.39, 0.29) is 18.3 Å². The number of carbonyl (C=O) groups excluding carboxylic acids is 1. The average Bonchev–Trinajstić information content (AvgIpc) is 2.41. The zero-order valence-corrected chi connectivity index (χ0v) is 10.0. The van der Waals surface area contributed by atoms with E-state index < -0.39 is 6.09 Å². The van der Waals surface area contributed by atoms with Crippen LogP contribution in [0.25, 0.3) is 0 Å². The first-order valence-electron chi connectivity index (χ1n) is 6.02. The van der Waals surface area contributed by atoms with Crippen LogP contribution in [0.1, 0.15) is 12.8 Å². The second kappa shape index (κ2) is 5.82. The normalized spacial score (nSPS) is 16.7. The first kappa shape index (κ1) is 12.8. The summed E-state index contributed by atoms with van der Waals surface area (Å²) in [5.41, 5.74) is 0. The second-order valence-corrected chi connectivity index (χ2v) is 4.43. The van der Waals surface area contributed by atoms with E-state index in [2.05, 4.69) is 0 Å². The van der Waals surface area contributed by atoms with Gasteiger partial charge >= 0.3 is 6.09 Å². The summed E-state index contributed by atoms with van der Waals surface area (Å²) in [5.74, 6) is 0.254. The maximum Gasteiger partial charge on any atom is 0.415 e. The highest BCUT2D eigenvalue weighted by Gasteiger charge is 2.23.